The van der Waals surface area contributed by atoms with E-state index in [1.54, 1.807) is 20.8 Å². The van der Waals surface area contributed by atoms with E-state index in [-0.39, 0.29) is 10.8 Å². The summed E-state index contributed by atoms with van der Waals surface area (Å²) in [7, 11) is 0. The normalized spacial score (nSPS) is 30.7. The smallest absolute Gasteiger partial charge is 0.408 e. The van der Waals surface area contributed by atoms with Crippen molar-refractivity contribution in [1.82, 2.24) is 5.32 Å². The molecule has 3 saturated carbocycles. The zero-order valence-electron chi connectivity index (χ0n) is 13.9. The van der Waals surface area contributed by atoms with Crippen molar-refractivity contribution < 1.29 is 24.2 Å². The first kappa shape index (κ1) is 17.1. The molecule has 3 fully saturated rings. The van der Waals surface area contributed by atoms with Gasteiger partial charge in [-0.2, -0.15) is 0 Å². The fraction of sp³-hybridized carbons (Fsp3) is 0.875. The van der Waals surface area contributed by atoms with E-state index in [1.165, 1.54) is 0 Å². The van der Waals surface area contributed by atoms with Crippen LogP contribution in [0, 0.1) is 10.8 Å². The number of nitrogens with one attached hydrogen (secondary N) is 1. The molecule has 6 nitrogen and oxygen atoms in total. The Morgan fingerprint density at radius 2 is 1.86 bits per heavy atom. The maximum Gasteiger partial charge on any atom is 0.408 e. The first-order valence-corrected chi connectivity index (χ1v) is 7.92. The number of carbonyl (C=O) groups excluding carboxylic acids is 1. The minimum absolute atomic E-state index is 0.235. The average molecular weight is 313 g/mol. The van der Waals surface area contributed by atoms with Crippen LogP contribution in [0.5, 0.6) is 0 Å². The maximum atomic E-state index is 11.9. The van der Waals surface area contributed by atoms with Crippen LogP contribution in [0.15, 0.2) is 0 Å². The van der Waals surface area contributed by atoms with Gasteiger partial charge in [-0.05, 0) is 58.8 Å². The van der Waals surface area contributed by atoms with Crippen LogP contribution in [0.3, 0.4) is 0 Å². The summed E-state index contributed by atoms with van der Waals surface area (Å²) in [5.41, 5.74) is -0.696. The minimum Gasteiger partial charge on any atom is -0.480 e. The van der Waals surface area contributed by atoms with E-state index in [1.807, 2.05) is 6.92 Å². The molecule has 22 heavy (non-hydrogen) atoms. The molecule has 6 heteroatoms. The van der Waals surface area contributed by atoms with E-state index in [2.05, 4.69) is 5.32 Å². The van der Waals surface area contributed by atoms with Gasteiger partial charge in [0.15, 0.2) is 0 Å². The van der Waals surface area contributed by atoms with Crippen molar-refractivity contribution in [2.24, 2.45) is 10.8 Å². The molecular formula is C16H27NO5. The molecule has 0 aromatic carbocycles. The SMILES string of the molecule is CCOCCC12CC(C(NC(=O)OC(C)(C)C)C(=O)O)(C1)C2. The number of carboxylic acids is 1. The first-order valence-electron chi connectivity index (χ1n) is 7.92. The molecular weight excluding hydrogens is 286 g/mol. The Hall–Kier alpha value is -1.30. The van der Waals surface area contributed by atoms with Gasteiger partial charge in [-0.25, -0.2) is 9.59 Å². The number of carbonyl (C=O) groups is 2. The molecule has 3 aliphatic carbocycles. The van der Waals surface area contributed by atoms with Gasteiger partial charge in [0.25, 0.3) is 0 Å². The number of amides is 1. The average Bonchev–Trinajstić information content (AvgIpc) is 2.25. The number of hydrogen-bond acceptors (Lipinski definition) is 4. The summed E-state index contributed by atoms with van der Waals surface area (Å²) in [4.78, 5) is 23.4. The highest BCUT2D eigenvalue weighted by atomic mass is 16.6. The standard InChI is InChI=1S/C16H27NO5/c1-5-21-7-6-15-8-16(9-15,10-15)11(12(18)19)17-13(20)22-14(2,3)4/h11H,5-10H2,1-4H3,(H,17,20)(H,18,19). The molecule has 0 radical (unpaired) electrons. The van der Waals surface area contributed by atoms with Crippen molar-refractivity contribution >= 4 is 12.1 Å². The Balaban J connectivity index is 1.88. The summed E-state index contributed by atoms with van der Waals surface area (Å²) in [6.07, 6.45) is 2.86. The lowest BCUT2D eigenvalue weighted by Crippen LogP contribution is -2.71. The van der Waals surface area contributed by atoms with Crippen molar-refractivity contribution in [3.63, 3.8) is 0 Å². The molecule has 1 amide bonds. The van der Waals surface area contributed by atoms with Gasteiger partial charge in [-0.15, -0.1) is 0 Å². The second kappa shape index (κ2) is 5.72. The highest BCUT2D eigenvalue weighted by Crippen LogP contribution is 2.76. The highest BCUT2D eigenvalue weighted by molar-refractivity contribution is 5.81. The Labute approximate surface area is 131 Å². The van der Waals surface area contributed by atoms with Crippen molar-refractivity contribution in [3.05, 3.63) is 0 Å². The fourth-order valence-corrected chi connectivity index (χ4v) is 3.99. The van der Waals surface area contributed by atoms with Crippen molar-refractivity contribution in [3.8, 4) is 0 Å². The molecule has 0 aliphatic heterocycles. The van der Waals surface area contributed by atoms with E-state index in [4.69, 9.17) is 9.47 Å². The summed E-state index contributed by atoms with van der Waals surface area (Å²) in [5.74, 6) is -0.982. The van der Waals surface area contributed by atoms with Gasteiger partial charge in [0.1, 0.15) is 11.6 Å². The van der Waals surface area contributed by atoms with Crippen LogP contribution in [0.4, 0.5) is 4.79 Å². The molecule has 1 atom stereocenters. The number of ether oxygens (including phenoxy) is 2. The number of rotatable bonds is 7. The van der Waals surface area contributed by atoms with Crippen molar-refractivity contribution in [2.75, 3.05) is 13.2 Å². The first-order chi connectivity index (χ1) is 10.1. The van der Waals surface area contributed by atoms with Gasteiger partial charge in [-0.3, -0.25) is 0 Å². The molecule has 126 valence electrons. The Morgan fingerprint density at radius 1 is 1.27 bits per heavy atom. The second-order valence-corrected chi connectivity index (χ2v) is 7.76. The van der Waals surface area contributed by atoms with Crippen LogP contribution >= 0.6 is 0 Å². The zero-order chi connectivity index (χ0) is 16.6. The van der Waals surface area contributed by atoms with E-state index in [9.17, 15) is 14.7 Å². The minimum atomic E-state index is -0.982. The van der Waals surface area contributed by atoms with Crippen LogP contribution in [-0.2, 0) is 14.3 Å². The summed E-state index contributed by atoms with van der Waals surface area (Å²) >= 11 is 0. The van der Waals surface area contributed by atoms with Crippen molar-refractivity contribution in [2.45, 2.75) is 65.0 Å². The fourth-order valence-electron chi connectivity index (χ4n) is 3.99. The van der Waals surface area contributed by atoms with E-state index >= 15 is 0 Å². The highest BCUT2D eigenvalue weighted by Gasteiger charge is 2.71. The topological polar surface area (TPSA) is 84.9 Å². The summed E-state index contributed by atoms with van der Waals surface area (Å²) in [6.45, 7) is 8.67. The van der Waals surface area contributed by atoms with Gasteiger partial charge in [-0.1, -0.05) is 0 Å². The van der Waals surface area contributed by atoms with Crippen LogP contribution in [0.1, 0.15) is 53.4 Å². The molecule has 3 aliphatic rings. The third-order valence-corrected chi connectivity index (χ3v) is 4.68. The molecule has 3 rings (SSSR count). The van der Waals surface area contributed by atoms with Gasteiger partial charge in [0, 0.05) is 18.6 Å². The molecule has 0 heterocycles. The summed E-state index contributed by atoms with van der Waals surface area (Å²) in [6, 6.07) is -0.865. The van der Waals surface area contributed by atoms with Crippen molar-refractivity contribution in [1.29, 1.82) is 0 Å². The molecule has 1 unspecified atom stereocenters. The number of hydrogen-bond donors (Lipinski definition) is 2. The molecule has 2 N–H and O–H groups in total. The van der Waals surface area contributed by atoms with Gasteiger partial charge in [0.2, 0.25) is 0 Å². The predicted molar refractivity (Wildman–Crippen MR) is 80.6 cm³/mol. The van der Waals surface area contributed by atoms with E-state index in [0.29, 0.717) is 6.61 Å². The second-order valence-electron chi connectivity index (χ2n) is 7.76. The third-order valence-electron chi connectivity index (χ3n) is 4.68. The molecule has 0 spiro atoms. The molecule has 0 aromatic rings. The van der Waals surface area contributed by atoms with Gasteiger partial charge < -0.3 is 19.9 Å². The zero-order valence-corrected chi connectivity index (χ0v) is 13.9. The molecule has 0 aromatic heterocycles. The van der Waals surface area contributed by atoms with Crippen LogP contribution < -0.4 is 5.32 Å². The van der Waals surface area contributed by atoms with E-state index in [0.717, 1.165) is 32.3 Å². The lowest BCUT2D eigenvalue weighted by Gasteiger charge is -2.72. The molecule has 0 saturated heterocycles. The lowest BCUT2D eigenvalue weighted by atomic mass is 9.32. The largest absolute Gasteiger partial charge is 0.480 e. The number of aliphatic carboxylic acids is 1. The number of alkyl carbamates (subject to hydrolysis) is 1. The van der Waals surface area contributed by atoms with Crippen LogP contribution in [0.2, 0.25) is 0 Å². The van der Waals surface area contributed by atoms with E-state index < -0.39 is 23.7 Å². The Bertz CT molecular complexity index is 434. The maximum absolute atomic E-state index is 11.9. The third kappa shape index (κ3) is 3.37. The Kier molecular flexibility index (Phi) is 4.44. The summed E-state index contributed by atoms with van der Waals surface area (Å²) < 4.78 is 10.6. The quantitative estimate of drug-likeness (QED) is 0.706. The monoisotopic (exact) mass is 313 g/mol. The van der Waals surface area contributed by atoms with Gasteiger partial charge >= 0.3 is 12.1 Å². The predicted octanol–water partition coefficient (Wildman–Crippen LogP) is 2.56. The lowest BCUT2D eigenvalue weighted by molar-refractivity contribution is -0.231. The van der Waals surface area contributed by atoms with Gasteiger partial charge in [0.05, 0.1) is 0 Å². The number of carboxylic acid groups (broad SMARTS) is 1. The summed E-state index contributed by atoms with van der Waals surface area (Å²) in [5, 5.41) is 12.0. The Morgan fingerprint density at radius 3 is 2.32 bits per heavy atom. The van der Waals surface area contributed by atoms with Crippen LogP contribution in [-0.4, -0.2) is 42.0 Å². The van der Waals surface area contributed by atoms with Crippen LogP contribution in [0.25, 0.3) is 0 Å². The molecule has 2 bridgehead atoms.